The lowest BCUT2D eigenvalue weighted by atomic mass is 10.1. The second kappa shape index (κ2) is 9.13. The number of benzene rings is 2. The van der Waals surface area contributed by atoms with Gasteiger partial charge in [-0.15, -0.1) is 0 Å². The molecule has 5 rings (SSSR count). The molecule has 2 aromatic carbocycles. The minimum Gasteiger partial charge on any atom is -0.368 e. The van der Waals surface area contributed by atoms with Crippen molar-refractivity contribution in [3.05, 3.63) is 82.9 Å². The van der Waals surface area contributed by atoms with E-state index in [9.17, 15) is 9.59 Å². The molecule has 1 aliphatic heterocycles. The zero-order valence-corrected chi connectivity index (χ0v) is 19.5. The molecule has 8 heteroatoms. The minimum absolute atomic E-state index is 0.0762. The molecule has 2 aromatic heterocycles. The van der Waals surface area contributed by atoms with Gasteiger partial charge >= 0.3 is 0 Å². The number of carbonyl (C=O) groups excluding carboxylic acids is 1. The number of para-hydroxylation sites is 2. The Hall–Kier alpha value is -3.94. The van der Waals surface area contributed by atoms with E-state index in [1.165, 1.54) is 4.68 Å². The maximum Gasteiger partial charge on any atom is 0.293 e. The SMILES string of the molecule is CC(C)c1nn(CC(=O)N2CCN(c3ccccc3)CC2)c(=O)c2c1cnn2-c1ccccc1. The molecule has 0 atom stereocenters. The van der Waals surface area contributed by atoms with Gasteiger partial charge in [-0.2, -0.15) is 10.2 Å². The number of amides is 1. The van der Waals surface area contributed by atoms with E-state index in [1.54, 1.807) is 10.9 Å². The number of nitrogens with zero attached hydrogens (tertiary/aromatic N) is 6. The number of rotatable bonds is 5. The van der Waals surface area contributed by atoms with Crippen molar-refractivity contribution in [3.8, 4) is 5.69 Å². The molecule has 1 saturated heterocycles. The fourth-order valence-corrected chi connectivity index (χ4v) is 4.47. The van der Waals surface area contributed by atoms with Crippen LogP contribution in [0.3, 0.4) is 0 Å². The Morgan fingerprint density at radius 1 is 0.912 bits per heavy atom. The molecule has 1 amide bonds. The zero-order valence-electron chi connectivity index (χ0n) is 19.5. The summed E-state index contributed by atoms with van der Waals surface area (Å²) in [4.78, 5) is 30.7. The molecule has 0 radical (unpaired) electrons. The quantitative estimate of drug-likeness (QED) is 0.461. The molecule has 0 unspecified atom stereocenters. The van der Waals surface area contributed by atoms with E-state index in [4.69, 9.17) is 0 Å². The van der Waals surface area contributed by atoms with Crippen LogP contribution in [0.25, 0.3) is 16.6 Å². The van der Waals surface area contributed by atoms with Crippen LogP contribution in [0, 0.1) is 0 Å². The second-order valence-corrected chi connectivity index (χ2v) is 8.86. The number of aromatic nitrogens is 4. The highest BCUT2D eigenvalue weighted by atomic mass is 16.2. The van der Waals surface area contributed by atoms with Crippen LogP contribution in [0.2, 0.25) is 0 Å². The van der Waals surface area contributed by atoms with Gasteiger partial charge in [-0.3, -0.25) is 9.59 Å². The van der Waals surface area contributed by atoms with E-state index < -0.39 is 0 Å². The van der Waals surface area contributed by atoms with Crippen LogP contribution in [0.5, 0.6) is 0 Å². The van der Waals surface area contributed by atoms with Crippen LogP contribution in [-0.2, 0) is 11.3 Å². The molecule has 3 heterocycles. The summed E-state index contributed by atoms with van der Waals surface area (Å²) in [5.74, 6) is -0.0190. The normalized spacial score (nSPS) is 14.2. The van der Waals surface area contributed by atoms with Crippen molar-refractivity contribution in [1.29, 1.82) is 0 Å². The van der Waals surface area contributed by atoms with Gasteiger partial charge < -0.3 is 9.80 Å². The average Bonchev–Trinajstić information content (AvgIpc) is 3.32. The highest BCUT2D eigenvalue weighted by Gasteiger charge is 2.24. The summed E-state index contributed by atoms with van der Waals surface area (Å²) in [7, 11) is 0. The third-order valence-electron chi connectivity index (χ3n) is 6.30. The monoisotopic (exact) mass is 456 g/mol. The molecule has 0 saturated carbocycles. The van der Waals surface area contributed by atoms with Crippen molar-refractivity contribution in [2.75, 3.05) is 31.1 Å². The van der Waals surface area contributed by atoms with Gasteiger partial charge in [-0.05, 0) is 30.2 Å². The van der Waals surface area contributed by atoms with Gasteiger partial charge in [0.05, 0.1) is 17.6 Å². The number of fused-ring (bicyclic) bond motifs is 1. The number of piperazine rings is 1. The Labute approximate surface area is 198 Å². The summed E-state index contributed by atoms with van der Waals surface area (Å²) in [6.45, 7) is 6.72. The number of carbonyl (C=O) groups is 1. The highest BCUT2D eigenvalue weighted by Crippen LogP contribution is 2.23. The van der Waals surface area contributed by atoms with Crippen molar-refractivity contribution in [1.82, 2.24) is 24.5 Å². The van der Waals surface area contributed by atoms with Crippen LogP contribution < -0.4 is 10.5 Å². The number of hydrogen-bond donors (Lipinski definition) is 0. The molecule has 1 aliphatic rings. The molecular weight excluding hydrogens is 428 g/mol. The summed E-state index contributed by atoms with van der Waals surface area (Å²) in [6.07, 6.45) is 1.70. The van der Waals surface area contributed by atoms with Crippen LogP contribution in [-0.4, -0.2) is 56.5 Å². The van der Waals surface area contributed by atoms with Crippen molar-refractivity contribution in [2.24, 2.45) is 0 Å². The van der Waals surface area contributed by atoms with Crippen LogP contribution in [0.1, 0.15) is 25.5 Å². The number of anilines is 1. The average molecular weight is 457 g/mol. The fraction of sp³-hybridized carbons (Fsp3) is 0.308. The predicted octanol–water partition coefficient (Wildman–Crippen LogP) is 3.05. The molecule has 0 aliphatic carbocycles. The molecule has 1 fully saturated rings. The smallest absolute Gasteiger partial charge is 0.293 e. The van der Waals surface area contributed by atoms with Crippen molar-refractivity contribution >= 4 is 22.5 Å². The molecular formula is C26H28N6O2. The molecule has 0 N–H and O–H groups in total. The van der Waals surface area contributed by atoms with E-state index >= 15 is 0 Å². The van der Waals surface area contributed by atoms with E-state index in [0.29, 0.717) is 18.6 Å². The maximum atomic E-state index is 13.5. The third kappa shape index (κ3) is 4.07. The first-order chi connectivity index (χ1) is 16.5. The molecule has 8 nitrogen and oxygen atoms in total. The first-order valence-electron chi connectivity index (χ1n) is 11.6. The van der Waals surface area contributed by atoms with E-state index in [1.807, 2.05) is 67.3 Å². The lowest BCUT2D eigenvalue weighted by molar-refractivity contribution is -0.132. The molecule has 0 bridgehead atoms. The summed E-state index contributed by atoms with van der Waals surface area (Å²) < 4.78 is 2.95. The van der Waals surface area contributed by atoms with Gasteiger partial charge in [0.15, 0.2) is 0 Å². The topological polar surface area (TPSA) is 76.3 Å². The summed E-state index contributed by atoms with van der Waals surface area (Å²) in [5, 5.41) is 9.80. The minimum atomic E-state index is -0.308. The molecule has 0 spiro atoms. The van der Waals surface area contributed by atoms with Crippen LogP contribution in [0.15, 0.2) is 71.7 Å². The standard InChI is InChI=1S/C26H28N6O2/c1-19(2)24-22-17-27-32(21-11-7-4-8-12-21)25(22)26(34)31(28-24)18-23(33)30-15-13-29(14-16-30)20-9-5-3-6-10-20/h3-12,17,19H,13-16,18H2,1-2H3. The van der Waals surface area contributed by atoms with Crippen molar-refractivity contribution in [3.63, 3.8) is 0 Å². The van der Waals surface area contributed by atoms with Gasteiger partial charge in [0, 0.05) is 37.3 Å². The maximum absolute atomic E-state index is 13.5. The summed E-state index contributed by atoms with van der Waals surface area (Å²) >= 11 is 0. The third-order valence-corrected chi connectivity index (χ3v) is 6.30. The van der Waals surface area contributed by atoms with E-state index in [0.717, 1.165) is 35.5 Å². The lowest BCUT2D eigenvalue weighted by Crippen LogP contribution is -2.50. The van der Waals surface area contributed by atoms with Gasteiger partial charge in [0.25, 0.3) is 5.56 Å². The summed E-state index contributed by atoms with van der Waals surface area (Å²) in [6, 6.07) is 19.8. The van der Waals surface area contributed by atoms with Gasteiger partial charge in [-0.25, -0.2) is 9.36 Å². The zero-order chi connectivity index (χ0) is 23.7. The van der Waals surface area contributed by atoms with Crippen LogP contribution >= 0.6 is 0 Å². The largest absolute Gasteiger partial charge is 0.368 e. The summed E-state index contributed by atoms with van der Waals surface area (Å²) in [5.41, 5.74) is 2.86. The Balaban J connectivity index is 1.42. The Morgan fingerprint density at radius 3 is 2.15 bits per heavy atom. The Bertz CT molecular complexity index is 1350. The lowest BCUT2D eigenvalue weighted by Gasteiger charge is -2.36. The number of hydrogen-bond acceptors (Lipinski definition) is 5. The Morgan fingerprint density at radius 2 is 1.53 bits per heavy atom. The van der Waals surface area contributed by atoms with E-state index in [-0.39, 0.29) is 23.9 Å². The predicted molar refractivity (Wildman–Crippen MR) is 132 cm³/mol. The first-order valence-corrected chi connectivity index (χ1v) is 11.6. The fourth-order valence-electron chi connectivity index (χ4n) is 4.47. The second-order valence-electron chi connectivity index (χ2n) is 8.86. The van der Waals surface area contributed by atoms with Crippen LogP contribution in [0.4, 0.5) is 5.69 Å². The van der Waals surface area contributed by atoms with Crippen molar-refractivity contribution < 1.29 is 4.79 Å². The van der Waals surface area contributed by atoms with Gasteiger partial charge in [0.1, 0.15) is 12.1 Å². The van der Waals surface area contributed by atoms with Crippen molar-refractivity contribution in [2.45, 2.75) is 26.3 Å². The van der Waals surface area contributed by atoms with Gasteiger partial charge in [-0.1, -0.05) is 50.2 Å². The molecule has 34 heavy (non-hydrogen) atoms. The highest BCUT2D eigenvalue weighted by molar-refractivity contribution is 5.82. The molecule has 4 aromatic rings. The first kappa shape index (κ1) is 21.9. The molecule has 174 valence electrons. The Kier molecular flexibility index (Phi) is 5.88. The van der Waals surface area contributed by atoms with E-state index in [2.05, 4.69) is 27.2 Å². The van der Waals surface area contributed by atoms with Gasteiger partial charge in [0.2, 0.25) is 5.91 Å².